The van der Waals surface area contributed by atoms with Crippen LogP contribution in [0.1, 0.15) is 5.56 Å². The molecule has 0 aliphatic carbocycles. The topological polar surface area (TPSA) is 0 Å². The Morgan fingerprint density at radius 2 is 1.47 bits per heavy atom. The van der Waals surface area contributed by atoms with E-state index < -0.39 is 0 Å². The lowest BCUT2D eigenvalue weighted by atomic mass is 10.0. The first-order chi connectivity index (χ1) is 7.97. The minimum Gasteiger partial charge on any atom is -0.0843 e. The second kappa shape index (κ2) is 5.43. The van der Waals surface area contributed by atoms with Gasteiger partial charge in [-0.2, -0.15) is 0 Å². The van der Waals surface area contributed by atoms with Crippen LogP contribution in [0.5, 0.6) is 0 Å². The van der Waals surface area contributed by atoms with Crippen molar-refractivity contribution in [3.8, 4) is 11.1 Å². The molecule has 0 fully saturated rings. The zero-order chi connectivity index (χ0) is 12.5. The van der Waals surface area contributed by atoms with Gasteiger partial charge in [0.15, 0.2) is 2.14 Å². The van der Waals surface area contributed by atoms with E-state index in [4.69, 9.17) is 11.6 Å². The van der Waals surface area contributed by atoms with Crippen LogP contribution in [-0.4, -0.2) is 0 Å². The summed E-state index contributed by atoms with van der Waals surface area (Å²) < 4.78 is -0.361. The Morgan fingerprint density at radius 1 is 0.824 bits per heavy atom. The third kappa shape index (κ3) is 3.57. The van der Waals surface area contributed by atoms with E-state index in [2.05, 4.69) is 72.1 Å². The van der Waals surface area contributed by atoms with Gasteiger partial charge in [-0.3, -0.25) is 0 Å². The van der Waals surface area contributed by atoms with E-state index in [1.165, 1.54) is 0 Å². The van der Waals surface area contributed by atoms with E-state index in [0.717, 1.165) is 21.7 Å². The highest BCUT2D eigenvalue weighted by Crippen LogP contribution is 2.44. The number of benzene rings is 2. The molecule has 0 N–H and O–H groups in total. The monoisotopic (exact) mass is 436 g/mol. The van der Waals surface area contributed by atoms with Crippen molar-refractivity contribution in [1.29, 1.82) is 0 Å². The predicted octanol–water partition coefficient (Wildman–Crippen LogP) is 6.30. The van der Waals surface area contributed by atoms with Crippen LogP contribution in [0.15, 0.2) is 48.5 Å². The molecule has 0 unspecified atom stereocenters. The molecule has 0 amide bonds. The number of rotatable bonds is 1. The second-order valence-electron chi connectivity index (χ2n) is 3.59. The van der Waals surface area contributed by atoms with Gasteiger partial charge < -0.3 is 0 Å². The Labute approximate surface area is 131 Å². The average molecular weight is 439 g/mol. The lowest BCUT2D eigenvalue weighted by molar-refractivity contribution is 1.37. The van der Waals surface area contributed by atoms with Crippen molar-refractivity contribution in [1.82, 2.24) is 0 Å². The molecule has 0 saturated heterocycles. The van der Waals surface area contributed by atoms with Gasteiger partial charge >= 0.3 is 0 Å². The molecule has 17 heavy (non-hydrogen) atoms. The average Bonchev–Trinajstić information content (AvgIpc) is 2.28. The van der Waals surface area contributed by atoms with Gasteiger partial charge in [0.1, 0.15) is 0 Å². The lowest BCUT2D eigenvalue weighted by Gasteiger charge is -2.13. The molecule has 0 aliphatic heterocycles. The first-order valence-corrected chi connectivity index (χ1v) is 7.66. The van der Waals surface area contributed by atoms with Gasteiger partial charge in [-0.15, -0.1) is 0 Å². The molecule has 0 radical (unpaired) electrons. The molecule has 0 nitrogen and oxygen atoms in total. The molecule has 0 aromatic heterocycles. The molecule has 2 rings (SSSR count). The third-order valence-electron chi connectivity index (χ3n) is 2.37. The smallest absolute Gasteiger partial charge is 0.0843 e. The Kier molecular flexibility index (Phi) is 4.35. The van der Waals surface area contributed by atoms with Gasteiger partial charge in [0, 0.05) is 5.02 Å². The quantitative estimate of drug-likeness (QED) is 0.458. The molecule has 0 bridgehead atoms. The molecule has 4 heteroatoms. The van der Waals surface area contributed by atoms with E-state index in [1.54, 1.807) is 0 Å². The fourth-order valence-electron chi connectivity index (χ4n) is 1.52. The van der Waals surface area contributed by atoms with E-state index in [1.807, 2.05) is 24.3 Å². The van der Waals surface area contributed by atoms with E-state index in [9.17, 15) is 0 Å². The summed E-state index contributed by atoms with van der Waals surface area (Å²) in [5.74, 6) is 0. The normalized spacial score (nSPS) is 11.5. The van der Waals surface area contributed by atoms with Crippen molar-refractivity contribution < 1.29 is 0 Å². The van der Waals surface area contributed by atoms with Crippen molar-refractivity contribution in [2.24, 2.45) is 0 Å². The third-order valence-corrected chi connectivity index (χ3v) is 3.98. The molecule has 0 heterocycles. The van der Waals surface area contributed by atoms with Crippen LogP contribution in [0, 0.1) is 0 Å². The molecule has 2 aromatic carbocycles. The summed E-state index contributed by atoms with van der Waals surface area (Å²) in [4.78, 5) is 0. The second-order valence-corrected chi connectivity index (χ2v) is 10.8. The maximum atomic E-state index is 5.98. The highest BCUT2D eigenvalue weighted by Gasteiger charge is 2.20. The highest BCUT2D eigenvalue weighted by molar-refractivity contribution is 9.38. The number of hydrogen-bond donors (Lipinski definition) is 0. The Balaban J connectivity index is 2.36. The fraction of sp³-hybridized carbons (Fsp3) is 0.0769. The van der Waals surface area contributed by atoms with Gasteiger partial charge in [0.05, 0.1) is 0 Å². The Morgan fingerprint density at radius 3 is 2.00 bits per heavy atom. The lowest BCUT2D eigenvalue weighted by Crippen LogP contribution is -1.96. The van der Waals surface area contributed by atoms with Crippen LogP contribution in [0.4, 0.5) is 0 Å². The minimum absolute atomic E-state index is 0.361. The Hall–Kier alpha value is 0.170. The van der Waals surface area contributed by atoms with Crippen molar-refractivity contribution in [2.75, 3.05) is 0 Å². The summed E-state index contributed by atoms with van der Waals surface area (Å²) in [5, 5.41) is 0.752. The minimum atomic E-state index is -0.361. The van der Waals surface area contributed by atoms with Crippen molar-refractivity contribution in [3.05, 3.63) is 59.1 Å². The molecule has 0 saturated carbocycles. The molecule has 88 valence electrons. The molecule has 0 spiro atoms. The summed E-state index contributed by atoms with van der Waals surface area (Å²) in [6, 6.07) is 16.1. The summed E-state index contributed by atoms with van der Waals surface area (Å²) >= 11 is 16.4. The predicted molar refractivity (Wildman–Crippen MR) is 85.3 cm³/mol. The van der Waals surface area contributed by atoms with Crippen LogP contribution >= 0.6 is 59.4 Å². The van der Waals surface area contributed by atoms with Crippen LogP contribution in [-0.2, 0) is 2.14 Å². The van der Waals surface area contributed by atoms with E-state index in [-0.39, 0.29) is 2.14 Å². The highest BCUT2D eigenvalue weighted by atomic mass is 80.0. The number of halogens is 4. The zero-order valence-electron chi connectivity index (χ0n) is 8.63. The fourth-order valence-corrected chi connectivity index (χ4v) is 2.50. The van der Waals surface area contributed by atoms with Crippen LogP contribution in [0.3, 0.4) is 0 Å². The maximum absolute atomic E-state index is 5.98. The summed E-state index contributed by atoms with van der Waals surface area (Å²) in [6.45, 7) is 0. The van der Waals surface area contributed by atoms with Gasteiger partial charge in [0.2, 0.25) is 0 Å². The van der Waals surface area contributed by atoms with Gasteiger partial charge in [-0.25, -0.2) is 0 Å². The van der Waals surface area contributed by atoms with Gasteiger partial charge in [0.25, 0.3) is 0 Å². The SMILES string of the molecule is Clc1cccc(-c2ccc(C(Br)(Br)Br)cc2)c1. The molecular weight excluding hydrogens is 431 g/mol. The standard InChI is InChI=1S/C13H8Br3Cl/c14-13(15,16)11-6-4-9(5-7-11)10-2-1-3-12(17)8-10/h1-8H. The first kappa shape index (κ1) is 13.6. The van der Waals surface area contributed by atoms with Crippen LogP contribution < -0.4 is 0 Å². The molecule has 0 atom stereocenters. The number of hydrogen-bond acceptors (Lipinski definition) is 0. The summed E-state index contributed by atoms with van der Waals surface area (Å²) in [7, 11) is 0. The summed E-state index contributed by atoms with van der Waals surface area (Å²) in [6.07, 6.45) is 0. The summed E-state index contributed by atoms with van der Waals surface area (Å²) in [5.41, 5.74) is 3.37. The Bertz CT molecular complexity index is 515. The molecular formula is C13H8Br3Cl. The van der Waals surface area contributed by atoms with E-state index in [0.29, 0.717) is 0 Å². The van der Waals surface area contributed by atoms with Crippen LogP contribution in [0.2, 0.25) is 5.02 Å². The van der Waals surface area contributed by atoms with Crippen molar-refractivity contribution in [3.63, 3.8) is 0 Å². The van der Waals surface area contributed by atoms with E-state index >= 15 is 0 Å². The van der Waals surface area contributed by atoms with Crippen molar-refractivity contribution >= 4 is 59.4 Å². The maximum Gasteiger partial charge on any atom is 0.159 e. The van der Waals surface area contributed by atoms with Crippen LogP contribution in [0.25, 0.3) is 11.1 Å². The van der Waals surface area contributed by atoms with Gasteiger partial charge in [-0.05, 0) is 28.8 Å². The number of alkyl halides is 3. The zero-order valence-corrected chi connectivity index (χ0v) is 14.1. The molecule has 0 aliphatic rings. The largest absolute Gasteiger partial charge is 0.159 e. The first-order valence-electron chi connectivity index (χ1n) is 4.90. The van der Waals surface area contributed by atoms with Gasteiger partial charge in [-0.1, -0.05) is 95.8 Å². The van der Waals surface area contributed by atoms with Crippen molar-refractivity contribution in [2.45, 2.75) is 2.14 Å². The molecule has 2 aromatic rings.